The van der Waals surface area contributed by atoms with Crippen LogP contribution in [-0.4, -0.2) is 15.5 Å². The molecule has 2 heterocycles. The molecular formula is C12H9NOS3. The van der Waals surface area contributed by atoms with E-state index in [1.807, 2.05) is 12.1 Å². The minimum atomic E-state index is -0.0690. The van der Waals surface area contributed by atoms with Gasteiger partial charge in [-0.05, 0) is 28.8 Å². The summed E-state index contributed by atoms with van der Waals surface area (Å²) in [6.45, 7) is 0. The highest BCUT2D eigenvalue weighted by molar-refractivity contribution is 8.24. The van der Waals surface area contributed by atoms with E-state index in [4.69, 9.17) is 12.2 Å². The predicted octanol–water partition coefficient (Wildman–Crippen LogP) is 2.96. The van der Waals surface area contributed by atoms with Crippen molar-refractivity contribution < 1.29 is 4.79 Å². The van der Waals surface area contributed by atoms with Gasteiger partial charge >= 0.3 is 0 Å². The standard InChI is InChI=1S/C12H9NOS3/c14-11-10(17-12(15)13-11)5-7-6-16-9-4-2-1-3-8(7)9/h1-4,6,10H,5H2,(H,13,14,15). The molecule has 1 fully saturated rings. The monoisotopic (exact) mass is 279 g/mol. The summed E-state index contributed by atoms with van der Waals surface area (Å²) in [5.41, 5.74) is 1.24. The van der Waals surface area contributed by atoms with Crippen LogP contribution >= 0.6 is 35.3 Å². The van der Waals surface area contributed by atoms with Gasteiger partial charge in [0.1, 0.15) is 4.32 Å². The smallest absolute Gasteiger partial charge is 0.239 e. The Balaban J connectivity index is 1.90. The number of fused-ring (bicyclic) bond motifs is 1. The van der Waals surface area contributed by atoms with Crippen LogP contribution in [0.15, 0.2) is 29.6 Å². The van der Waals surface area contributed by atoms with Crippen molar-refractivity contribution in [1.29, 1.82) is 0 Å². The molecule has 2 aromatic rings. The van der Waals surface area contributed by atoms with Gasteiger partial charge in [-0.15, -0.1) is 11.3 Å². The number of amides is 1. The first-order valence-electron chi connectivity index (χ1n) is 5.20. The highest BCUT2D eigenvalue weighted by atomic mass is 32.2. The highest BCUT2D eigenvalue weighted by Crippen LogP contribution is 2.30. The van der Waals surface area contributed by atoms with E-state index in [-0.39, 0.29) is 11.2 Å². The second-order valence-electron chi connectivity index (χ2n) is 3.84. The van der Waals surface area contributed by atoms with Crippen LogP contribution in [0.4, 0.5) is 0 Å². The molecule has 1 unspecified atom stereocenters. The van der Waals surface area contributed by atoms with Crippen molar-refractivity contribution in [2.45, 2.75) is 11.7 Å². The summed E-state index contributed by atoms with van der Waals surface area (Å²) in [6.07, 6.45) is 0.751. The van der Waals surface area contributed by atoms with Gasteiger partial charge in [0.25, 0.3) is 0 Å². The number of hydrogen-bond acceptors (Lipinski definition) is 4. The molecule has 86 valence electrons. The molecule has 0 spiro atoms. The van der Waals surface area contributed by atoms with Gasteiger partial charge in [-0.3, -0.25) is 4.79 Å². The van der Waals surface area contributed by atoms with Crippen molar-refractivity contribution in [2.75, 3.05) is 0 Å². The van der Waals surface area contributed by atoms with Gasteiger partial charge in [-0.2, -0.15) is 0 Å². The Morgan fingerprint density at radius 1 is 1.35 bits per heavy atom. The Morgan fingerprint density at radius 2 is 2.18 bits per heavy atom. The molecule has 1 aliphatic heterocycles. The number of carbonyl (C=O) groups is 1. The molecular weight excluding hydrogens is 270 g/mol. The van der Waals surface area contributed by atoms with Gasteiger partial charge in [0.15, 0.2) is 0 Å². The first-order valence-corrected chi connectivity index (χ1v) is 7.37. The molecule has 1 atom stereocenters. The molecule has 1 saturated heterocycles. The summed E-state index contributed by atoms with van der Waals surface area (Å²) in [4.78, 5) is 11.6. The summed E-state index contributed by atoms with van der Waals surface area (Å²) in [5.74, 6) is 0.0373. The van der Waals surface area contributed by atoms with Gasteiger partial charge in [-0.1, -0.05) is 42.2 Å². The van der Waals surface area contributed by atoms with E-state index in [9.17, 15) is 4.79 Å². The molecule has 0 bridgehead atoms. The van der Waals surface area contributed by atoms with Crippen LogP contribution in [0.3, 0.4) is 0 Å². The van der Waals surface area contributed by atoms with Crippen molar-refractivity contribution in [1.82, 2.24) is 5.32 Å². The van der Waals surface area contributed by atoms with Crippen molar-refractivity contribution >= 4 is 55.6 Å². The van der Waals surface area contributed by atoms with Crippen molar-refractivity contribution in [3.8, 4) is 0 Å². The van der Waals surface area contributed by atoms with E-state index < -0.39 is 0 Å². The summed E-state index contributed by atoms with van der Waals surface area (Å²) < 4.78 is 1.87. The van der Waals surface area contributed by atoms with Gasteiger partial charge in [0.2, 0.25) is 5.91 Å². The topological polar surface area (TPSA) is 29.1 Å². The third-order valence-electron chi connectivity index (χ3n) is 2.73. The number of thioether (sulfide) groups is 1. The Kier molecular flexibility index (Phi) is 2.90. The molecule has 17 heavy (non-hydrogen) atoms. The lowest BCUT2D eigenvalue weighted by Gasteiger charge is -2.03. The van der Waals surface area contributed by atoms with Crippen LogP contribution in [-0.2, 0) is 11.2 Å². The predicted molar refractivity (Wildman–Crippen MR) is 77.6 cm³/mol. The zero-order valence-electron chi connectivity index (χ0n) is 8.80. The van der Waals surface area contributed by atoms with Crippen LogP contribution in [0.25, 0.3) is 10.1 Å². The molecule has 1 aromatic carbocycles. The Morgan fingerprint density at radius 3 is 2.94 bits per heavy atom. The molecule has 0 aliphatic carbocycles. The molecule has 1 N–H and O–H groups in total. The molecule has 1 amide bonds. The summed E-state index contributed by atoms with van der Waals surface area (Å²) >= 11 is 8.18. The maximum absolute atomic E-state index is 11.6. The lowest BCUT2D eigenvalue weighted by Crippen LogP contribution is -2.25. The van der Waals surface area contributed by atoms with Crippen molar-refractivity contribution in [3.63, 3.8) is 0 Å². The maximum atomic E-state index is 11.6. The van der Waals surface area contributed by atoms with E-state index in [0.717, 1.165) is 6.42 Å². The second kappa shape index (κ2) is 4.40. The summed E-state index contributed by atoms with van der Waals surface area (Å²) in [5, 5.41) is 6.01. The van der Waals surface area contributed by atoms with Gasteiger partial charge in [0, 0.05) is 4.70 Å². The third-order valence-corrected chi connectivity index (χ3v) is 5.12. The molecule has 2 nitrogen and oxygen atoms in total. The Bertz CT molecular complexity index is 605. The molecule has 3 rings (SSSR count). The number of thiocarbonyl (C=S) groups is 1. The molecule has 0 saturated carbocycles. The van der Waals surface area contributed by atoms with Crippen LogP contribution in [0, 0.1) is 0 Å². The number of rotatable bonds is 2. The Labute approximate surface area is 112 Å². The normalized spacial score (nSPS) is 19.9. The number of nitrogens with one attached hydrogen (secondary N) is 1. The number of benzene rings is 1. The Hall–Kier alpha value is -0.910. The highest BCUT2D eigenvalue weighted by Gasteiger charge is 2.29. The largest absolute Gasteiger partial charge is 0.311 e. The quantitative estimate of drug-likeness (QED) is 0.857. The van der Waals surface area contributed by atoms with E-state index in [2.05, 4.69) is 22.8 Å². The second-order valence-corrected chi connectivity index (χ2v) is 6.64. The lowest BCUT2D eigenvalue weighted by molar-refractivity contribution is -0.118. The fourth-order valence-electron chi connectivity index (χ4n) is 1.92. The first-order chi connectivity index (χ1) is 8.24. The maximum Gasteiger partial charge on any atom is 0.239 e. The lowest BCUT2D eigenvalue weighted by atomic mass is 10.1. The van der Waals surface area contributed by atoms with Crippen LogP contribution in [0.1, 0.15) is 5.56 Å². The van der Waals surface area contributed by atoms with Crippen molar-refractivity contribution in [3.05, 3.63) is 35.2 Å². The molecule has 0 radical (unpaired) electrons. The number of hydrogen-bond donors (Lipinski definition) is 1. The molecule has 1 aliphatic rings. The molecule has 5 heteroatoms. The van der Waals surface area contributed by atoms with Gasteiger partial charge in [-0.25, -0.2) is 0 Å². The van der Waals surface area contributed by atoms with Crippen molar-refractivity contribution in [2.24, 2.45) is 0 Å². The minimum absolute atomic E-state index is 0.0373. The van der Waals surface area contributed by atoms with E-state index in [1.165, 1.54) is 27.4 Å². The molecule has 1 aromatic heterocycles. The summed E-state index contributed by atoms with van der Waals surface area (Å²) in [7, 11) is 0. The van der Waals surface area contributed by atoms with E-state index in [0.29, 0.717) is 4.32 Å². The fraction of sp³-hybridized carbons (Fsp3) is 0.167. The fourth-order valence-corrected chi connectivity index (χ4v) is 4.19. The third kappa shape index (κ3) is 2.10. The zero-order chi connectivity index (χ0) is 11.8. The van der Waals surface area contributed by atoms with Crippen LogP contribution in [0.2, 0.25) is 0 Å². The average molecular weight is 279 g/mol. The minimum Gasteiger partial charge on any atom is -0.311 e. The van der Waals surface area contributed by atoms with Crippen LogP contribution < -0.4 is 5.32 Å². The number of carbonyl (C=O) groups excluding carboxylic acids is 1. The van der Waals surface area contributed by atoms with E-state index >= 15 is 0 Å². The first kappa shape index (κ1) is 11.2. The van der Waals surface area contributed by atoms with Gasteiger partial charge < -0.3 is 5.32 Å². The SMILES string of the molecule is O=C1NC(=S)SC1Cc1csc2ccccc12. The number of thiophene rings is 1. The zero-order valence-corrected chi connectivity index (χ0v) is 11.3. The summed E-state index contributed by atoms with van der Waals surface area (Å²) in [6, 6.07) is 8.28. The average Bonchev–Trinajstić information content (AvgIpc) is 2.85. The van der Waals surface area contributed by atoms with Gasteiger partial charge in [0.05, 0.1) is 5.25 Å². The van der Waals surface area contributed by atoms with E-state index in [1.54, 1.807) is 11.3 Å². The van der Waals surface area contributed by atoms with Crippen LogP contribution in [0.5, 0.6) is 0 Å².